The normalized spacial score (nSPS) is 25.6. The van der Waals surface area contributed by atoms with E-state index in [4.69, 9.17) is 14.0 Å². The van der Waals surface area contributed by atoms with Crippen LogP contribution >= 0.6 is 0 Å². The molecule has 2 aliphatic rings. The number of ether oxygens (including phenoxy) is 2. The second kappa shape index (κ2) is 7.19. The summed E-state index contributed by atoms with van der Waals surface area (Å²) in [5.74, 6) is 1.46. The summed E-state index contributed by atoms with van der Waals surface area (Å²) in [6.45, 7) is 4.63. The van der Waals surface area contributed by atoms with Crippen LogP contribution in [-0.2, 0) is 14.3 Å². The number of carbonyl (C=O) groups excluding carboxylic acids is 1. The third-order valence-electron chi connectivity index (χ3n) is 4.24. The zero-order chi connectivity index (χ0) is 15.4. The molecule has 3 rings (SSSR count). The zero-order valence-electron chi connectivity index (χ0n) is 13.0. The number of hydrogen-bond donors (Lipinski definition) is 0. The summed E-state index contributed by atoms with van der Waals surface area (Å²) in [7, 11) is 0. The zero-order valence-corrected chi connectivity index (χ0v) is 13.0. The number of amides is 1. The molecule has 0 bridgehead atoms. The topological polar surface area (TPSA) is 77.7 Å². The highest BCUT2D eigenvalue weighted by Gasteiger charge is 2.28. The van der Waals surface area contributed by atoms with E-state index in [1.54, 1.807) is 6.92 Å². The fourth-order valence-corrected chi connectivity index (χ4v) is 3.04. The number of carbonyl (C=O) groups is 1. The first-order chi connectivity index (χ1) is 10.7. The van der Waals surface area contributed by atoms with Gasteiger partial charge >= 0.3 is 0 Å². The van der Waals surface area contributed by atoms with E-state index >= 15 is 0 Å². The number of aryl methyl sites for hydroxylation is 1. The molecule has 0 saturated carbocycles. The fraction of sp³-hybridized carbons (Fsp3) is 0.800. The van der Waals surface area contributed by atoms with E-state index in [1.807, 2.05) is 4.90 Å². The van der Waals surface area contributed by atoms with Gasteiger partial charge in [0.05, 0.1) is 12.7 Å². The van der Waals surface area contributed by atoms with E-state index < -0.39 is 0 Å². The summed E-state index contributed by atoms with van der Waals surface area (Å²) in [5, 5.41) is 3.98. The molecule has 0 aromatic carbocycles. The molecule has 2 saturated heterocycles. The number of rotatable bonds is 5. The van der Waals surface area contributed by atoms with Crippen LogP contribution in [0, 0.1) is 6.92 Å². The third kappa shape index (κ3) is 3.84. The van der Waals surface area contributed by atoms with Gasteiger partial charge in [0.1, 0.15) is 6.61 Å². The van der Waals surface area contributed by atoms with Crippen LogP contribution in [0.2, 0.25) is 0 Å². The van der Waals surface area contributed by atoms with E-state index in [0.29, 0.717) is 24.9 Å². The lowest BCUT2D eigenvalue weighted by molar-refractivity contribution is -0.138. The van der Waals surface area contributed by atoms with Crippen molar-refractivity contribution in [3.63, 3.8) is 0 Å². The molecule has 0 N–H and O–H groups in total. The highest BCUT2D eigenvalue weighted by Crippen LogP contribution is 2.24. The van der Waals surface area contributed by atoms with Gasteiger partial charge in [-0.25, -0.2) is 0 Å². The van der Waals surface area contributed by atoms with E-state index in [0.717, 1.165) is 38.8 Å². The maximum absolute atomic E-state index is 12.2. The molecule has 2 fully saturated rings. The highest BCUT2D eigenvalue weighted by molar-refractivity contribution is 5.77. The molecule has 1 aromatic rings. The van der Waals surface area contributed by atoms with E-state index in [1.165, 1.54) is 0 Å². The van der Waals surface area contributed by atoms with Crippen LogP contribution in [0.5, 0.6) is 0 Å². The van der Waals surface area contributed by atoms with Gasteiger partial charge in [0.2, 0.25) is 11.8 Å². The first kappa shape index (κ1) is 15.4. The summed E-state index contributed by atoms with van der Waals surface area (Å²) >= 11 is 0. The minimum Gasteiger partial charge on any atom is -0.376 e. The summed E-state index contributed by atoms with van der Waals surface area (Å²) in [5.41, 5.74) is 0. The molecule has 2 aliphatic heterocycles. The summed E-state index contributed by atoms with van der Waals surface area (Å²) in [6.07, 6.45) is 4.20. The Labute approximate surface area is 129 Å². The largest absolute Gasteiger partial charge is 0.376 e. The van der Waals surface area contributed by atoms with Crippen molar-refractivity contribution in [2.45, 2.75) is 44.6 Å². The molecule has 0 unspecified atom stereocenters. The Balaban J connectivity index is 1.45. The second-order valence-corrected chi connectivity index (χ2v) is 6.00. The van der Waals surface area contributed by atoms with E-state index in [-0.39, 0.29) is 24.5 Å². The van der Waals surface area contributed by atoms with Gasteiger partial charge in [-0.3, -0.25) is 4.79 Å². The smallest absolute Gasteiger partial charge is 0.248 e. The molecule has 22 heavy (non-hydrogen) atoms. The van der Waals surface area contributed by atoms with Gasteiger partial charge in [0.25, 0.3) is 0 Å². The number of hydrogen-bond acceptors (Lipinski definition) is 6. The molecule has 7 nitrogen and oxygen atoms in total. The molecule has 0 spiro atoms. The van der Waals surface area contributed by atoms with Crippen LogP contribution in [0.4, 0.5) is 0 Å². The van der Waals surface area contributed by atoms with Gasteiger partial charge in [-0.05, 0) is 25.7 Å². The van der Waals surface area contributed by atoms with Crippen LogP contribution in [0.1, 0.15) is 43.3 Å². The summed E-state index contributed by atoms with van der Waals surface area (Å²) in [4.78, 5) is 18.4. The lowest BCUT2D eigenvalue weighted by Crippen LogP contribution is -2.41. The van der Waals surface area contributed by atoms with Crippen molar-refractivity contribution in [2.24, 2.45) is 0 Å². The monoisotopic (exact) mass is 309 g/mol. The van der Waals surface area contributed by atoms with E-state index in [2.05, 4.69) is 10.1 Å². The summed E-state index contributed by atoms with van der Waals surface area (Å²) in [6, 6.07) is 0. The lowest BCUT2D eigenvalue weighted by atomic mass is 9.97. The van der Waals surface area contributed by atoms with Crippen LogP contribution in [0.3, 0.4) is 0 Å². The standard InChI is InChI=1S/C15H23N3O4/c1-11-16-15(17-22-11)12-4-2-6-18(8-12)14(19)10-20-9-13-5-3-7-21-13/h12-13H,2-10H2,1H3/t12-,13+/m0/s1. The maximum Gasteiger partial charge on any atom is 0.248 e. The van der Waals surface area contributed by atoms with Crippen molar-refractivity contribution in [3.05, 3.63) is 11.7 Å². The number of likely N-dealkylation sites (tertiary alicyclic amines) is 1. The van der Waals surface area contributed by atoms with Crippen molar-refractivity contribution in [3.8, 4) is 0 Å². The van der Waals surface area contributed by atoms with Crippen molar-refractivity contribution in [1.82, 2.24) is 15.0 Å². The highest BCUT2D eigenvalue weighted by atomic mass is 16.5. The van der Waals surface area contributed by atoms with Gasteiger partial charge in [0, 0.05) is 32.5 Å². The Morgan fingerprint density at radius 1 is 1.41 bits per heavy atom. The average Bonchev–Trinajstić information content (AvgIpc) is 3.19. The molecule has 0 radical (unpaired) electrons. The fourth-order valence-electron chi connectivity index (χ4n) is 3.04. The molecule has 0 aliphatic carbocycles. The molecule has 122 valence electrons. The van der Waals surface area contributed by atoms with Gasteiger partial charge in [0.15, 0.2) is 5.82 Å². The Morgan fingerprint density at radius 2 is 2.32 bits per heavy atom. The second-order valence-electron chi connectivity index (χ2n) is 6.00. The number of piperidine rings is 1. The van der Waals surface area contributed by atoms with Crippen molar-refractivity contribution in [1.29, 1.82) is 0 Å². The molecule has 3 heterocycles. The van der Waals surface area contributed by atoms with Crippen molar-refractivity contribution in [2.75, 3.05) is 32.9 Å². The predicted molar refractivity (Wildman–Crippen MR) is 77.4 cm³/mol. The first-order valence-electron chi connectivity index (χ1n) is 7.99. The van der Waals surface area contributed by atoms with E-state index in [9.17, 15) is 4.79 Å². The Morgan fingerprint density at radius 3 is 3.05 bits per heavy atom. The Hall–Kier alpha value is -1.47. The Kier molecular flexibility index (Phi) is 5.04. The molecule has 1 aromatic heterocycles. The molecule has 2 atom stereocenters. The molecule has 1 amide bonds. The van der Waals surface area contributed by atoms with Gasteiger partial charge in [-0.2, -0.15) is 4.98 Å². The first-order valence-corrected chi connectivity index (χ1v) is 7.99. The minimum atomic E-state index is 0.0305. The number of nitrogens with zero attached hydrogens (tertiary/aromatic N) is 3. The van der Waals surface area contributed by atoms with Crippen LogP contribution in [0.25, 0.3) is 0 Å². The van der Waals surface area contributed by atoms with Gasteiger partial charge in [-0.15, -0.1) is 0 Å². The maximum atomic E-state index is 12.2. The van der Waals surface area contributed by atoms with Gasteiger partial charge in [-0.1, -0.05) is 5.16 Å². The summed E-state index contributed by atoms with van der Waals surface area (Å²) < 4.78 is 16.0. The molecule has 7 heteroatoms. The van der Waals surface area contributed by atoms with Crippen molar-refractivity contribution < 1.29 is 18.8 Å². The van der Waals surface area contributed by atoms with Crippen LogP contribution in [0.15, 0.2) is 4.52 Å². The molecular formula is C15H23N3O4. The Bertz CT molecular complexity index is 499. The van der Waals surface area contributed by atoms with Crippen LogP contribution in [-0.4, -0.2) is 60.0 Å². The number of aromatic nitrogens is 2. The lowest BCUT2D eigenvalue weighted by Gasteiger charge is -2.31. The van der Waals surface area contributed by atoms with Crippen LogP contribution < -0.4 is 0 Å². The third-order valence-corrected chi connectivity index (χ3v) is 4.24. The van der Waals surface area contributed by atoms with Crippen molar-refractivity contribution >= 4 is 5.91 Å². The SMILES string of the molecule is Cc1nc([C@H]2CCCN(C(=O)COC[C@H]3CCCO3)C2)no1. The van der Waals surface area contributed by atoms with Gasteiger partial charge < -0.3 is 18.9 Å². The average molecular weight is 309 g/mol. The predicted octanol–water partition coefficient (Wildman–Crippen LogP) is 1.28. The minimum absolute atomic E-state index is 0.0305. The molecular weight excluding hydrogens is 286 g/mol. The quantitative estimate of drug-likeness (QED) is 0.815.